The van der Waals surface area contributed by atoms with Crippen molar-refractivity contribution in [2.24, 2.45) is 0 Å². The smallest absolute Gasteiger partial charge is 0.339 e. The highest BCUT2D eigenvalue weighted by atomic mass is 16.5. The second-order valence-corrected chi connectivity index (χ2v) is 3.98. The number of carboxylic acids is 1. The van der Waals surface area contributed by atoms with E-state index in [0.717, 1.165) is 0 Å². The average molecular weight is 277 g/mol. The fraction of sp³-hybridized carbons (Fsp3) is 0.308. The van der Waals surface area contributed by atoms with Gasteiger partial charge in [0.2, 0.25) is 0 Å². The molecule has 0 spiro atoms. The number of carbonyl (C=O) groups excluding carboxylic acids is 1. The summed E-state index contributed by atoms with van der Waals surface area (Å²) < 4.78 is 4.97. The fourth-order valence-corrected chi connectivity index (χ4v) is 1.48. The lowest BCUT2D eigenvalue weighted by Gasteiger charge is -2.17. The maximum Gasteiger partial charge on any atom is 0.339 e. The molecular weight excluding hydrogens is 262 g/mol. The number of hydrogen-bond acceptors (Lipinski definition) is 4. The molecule has 106 valence electrons. The normalized spacial score (nSPS) is 9.45. The summed E-state index contributed by atoms with van der Waals surface area (Å²) >= 11 is 0. The van der Waals surface area contributed by atoms with Crippen molar-refractivity contribution in [3.8, 4) is 11.8 Å². The molecule has 2 N–H and O–H groups in total. The predicted molar refractivity (Wildman–Crippen MR) is 71.8 cm³/mol. The predicted octanol–water partition coefficient (Wildman–Crippen LogP) is 1.77. The van der Waals surface area contributed by atoms with Gasteiger partial charge >= 0.3 is 12.0 Å². The third-order valence-electron chi connectivity index (χ3n) is 2.59. The van der Waals surface area contributed by atoms with Crippen LogP contribution in [0.4, 0.5) is 10.5 Å². The Morgan fingerprint density at radius 2 is 2.20 bits per heavy atom. The zero-order valence-corrected chi connectivity index (χ0v) is 11.2. The summed E-state index contributed by atoms with van der Waals surface area (Å²) in [5.41, 5.74) is 0.434. The van der Waals surface area contributed by atoms with Gasteiger partial charge in [0.15, 0.2) is 0 Å². The van der Waals surface area contributed by atoms with Crippen molar-refractivity contribution in [1.82, 2.24) is 4.90 Å². The zero-order chi connectivity index (χ0) is 15.1. The Kier molecular flexibility index (Phi) is 5.35. The molecule has 0 heterocycles. The van der Waals surface area contributed by atoms with Crippen LogP contribution in [0, 0.1) is 11.3 Å². The lowest BCUT2D eigenvalue weighted by atomic mass is 10.2. The van der Waals surface area contributed by atoms with E-state index in [9.17, 15) is 9.59 Å². The van der Waals surface area contributed by atoms with Crippen molar-refractivity contribution in [3.63, 3.8) is 0 Å². The van der Waals surface area contributed by atoms with E-state index in [1.165, 1.54) is 30.2 Å². The molecule has 0 fully saturated rings. The van der Waals surface area contributed by atoms with Crippen LogP contribution in [-0.2, 0) is 0 Å². The number of amides is 2. The number of urea groups is 1. The number of ether oxygens (including phenoxy) is 1. The third-order valence-corrected chi connectivity index (χ3v) is 2.59. The van der Waals surface area contributed by atoms with Gasteiger partial charge in [0.05, 0.1) is 19.6 Å². The van der Waals surface area contributed by atoms with E-state index in [4.69, 9.17) is 15.1 Å². The van der Waals surface area contributed by atoms with E-state index in [1.807, 2.05) is 6.07 Å². The molecule has 0 aromatic heterocycles. The summed E-state index contributed by atoms with van der Waals surface area (Å²) in [6.07, 6.45) is 0.241. The van der Waals surface area contributed by atoms with Crippen LogP contribution in [0.5, 0.6) is 5.75 Å². The van der Waals surface area contributed by atoms with Crippen molar-refractivity contribution < 1.29 is 19.4 Å². The van der Waals surface area contributed by atoms with E-state index in [-0.39, 0.29) is 23.8 Å². The summed E-state index contributed by atoms with van der Waals surface area (Å²) in [4.78, 5) is 24.1. The first-order chi connectivity index (χ1) is 9.49. The molecule has 0 saturated heterocycles. The Labute approximate surface area is 116 Å². The summed E-state index contributed by atoms with van der Waals surface area (Å²) in [5, 5.41) is 20.0. The summed E-state index contributed by atoms with van der Waals surface area (Å²) in [5.74, 6) is -0.944. The van der Waals surface area contributed by atoms with Crippen LogP contribution in [0.2, 0.25) is 0 Å². The van der Waals surface area contributed by atoms with Crippen molar-refractivity contribution >= 4 is 17.7 Å². The molecule has 0 saturated carbocycles. The summed E-state index contributed by atoms with van der Waals surface area (Å²) in [6, 6.07) is 5.82. The molecule has 7 nitrogen and oxygen atoms in total. The van der Waals surface area contributed by atoms with Gasteiger partial charge in [-0.25, -0.2) is 9.59 Å². The number of rotatable bonds is 5. The second kappa shape index (κ2) is 6.99. The topological polar surface area (TPSA) is 103 Å². The van der Waals surface area contributed by atoms with Crippen molar-refractivity contribution in [3.05, 3.63) is 23.8 Å². The number of carbonyl (C=O) groups is 2. The molecule has 0 aliphatic carbocycles. The average Bonchev–Trinajstić information content (AvgIpc) is 2.44. The van der Waals surface area contributed by atoms with Gasteiger partial charge < -0.3 is 20.1 Å². The largest absolute Gasteiger partial charge is 0.496 e. The van der Waals surface area contributed by atoms with Crippen molar-refractivity contribution in [2.75, 3.05) is 26.0 Å². The maximum atomic E-state index is 11.8. The number of carboxylic acid groups (broad SMARTS) is 1. The van der Waals surface area contributed by atoms with Gasteiger partial charge in [-0.1, -0.05) is 0 Å². The number of anilines is 1. The highest BCUT2D eigenvalue weighted by Crippen LogP contribution is 2.23. The van der Waals surface area contributed by atoms with Crippen molar-refractivity contribution in [1.29, 1.82) is 5.26 Å². The van der Waals surface area contributed by atoms with Gasteiger partial charge in [0, 0.05) is 25.3 Å². The zero-order valence-electron chi connectivity index (χ0n) is 11.2. The lowest BCUT2D eigenvalue weighted by Crippen LogP contribution is -2.32. The maximum absolute atomic E-state index is 11.8. The van der Waals surface area contributed by atoms with E-state index >= 15 is 0 Å². The molecule has 0 radical (unpaired) electrons. The van der Waals surface area contributed by atoms with Gasteiger partial charge in [0.25, 0.3) is 0 Å². The number of methoxy groups -OCH3 is 1. The molecule has 7 heteroatoms. The molecule has 20 heavy (non-hydrogen) atoms. The third kappa shape index (κ3) is 3.88. The van der Waals surface area contributed by atoms with Crippen LogP contribution in [0.15, 0.2) is 18.2 Å². The number of nitrogens with one attached hydrogen (secondary N) is 1. The first-order valence-corrected chi connectivity index (χ1v) is 5.80. The van der Waals surface area contributed by atoms with E-state index < -0.39 is 5.97 Å². The van der Waals surface area contributed by atoms with Crippen LogP contribution in [-0.4, -0.2) is 42.7 Å². The Balaban J connectivity index is 2.81. The Bertz CT molecular complexity index is 551. The van der Waals surface area contributed by atoms with Gasteiger partial charge in [-0.3, -0.25) is 0 Å². The van der Waals surface area contributed by atoms with Gasteiger partial charge in [-0.05, 0) is 12.1 Å². The SMILES string of the molecule is COc1cc(NC(=O)N(C)CCC#N)ccc1C(=O)O. The molecule has 0 atom stereocenters. The first kappa shape index (κ1) is 15.3. The van der Waals surface area contributed by atoms with E-state index in [2.05, 4.69) is 5.32 Å². The minimum Gasteiger partial charge on any atom is -0.496 e. The number of benzene rings is 1. The molecule has 0 aliphatic rings. The number of hydrogen-bond donors (Lipinski definition) is 2. The van der Waals surface area contributed by atoms with Crippen LogP contribution in [0.25, 0.3) is 0 Å². The molecule has 0 unspecified atom stereocenters. The van der Waals surface area contributed by atoms with Crippen LogP contribution < -0.4 is 10.1 Å². The highest BCUT2D eigenvalue weighted by molar-refractivity contribution is 5.94. The van der Waals surface area contributed by atoms with Gasteiger partial charge in [-0.15, -0.1) is 0 Å². The minimum atomic E-state index is -1.11. The Hall–Kier alpha value is -2.75. The monoisotopic (exact) mass is 277 g/mol. The second-order valence-electron chi connectivity index (χ2n) is 3.98. The Morgan fingerprint density at radius 1 is 1.50 bits per heavy atom. The number of nitriles is 1. The quantitative estimate of drug-likeness (QED) is 0.853. The summed E-state index contributed by atoms with van der Waals surface area (Å²) in [7, 11) is 2.92. The molecule has 0 aliphatic heterocycles. The highest BCUT2D eigenvalue weighted by Gasteiger charge is 2.13. The molecule has 1 aromatic rings. The number of nitrogens with zero attached hydrogens (tertiary/aromatic N) is 2. The van der Waals surface area contributed by atoms with Crippen LogP contribution in [0.1, 0.15) is 16.8 Å². The number of aromatic carboxylic acids is 1. The molecule has 2 amide bonds. The van der Waals surface area contributed by atoms with Gasteiger partial charge in [0.1, 0.15) is 11.3 Å². The molecule has 0 bridgehead atoms. The minimum absolute atomic E-state index is 0.0170. The lowest BCUT2D eigenvalue weighted by molar-refractivity contribution is 0.0693. The van der Waals surface area contributed by atoms with Crippen LogP contribution in [0.3, 0.4) is 0 Å². The molecular formula is C13H15N3O4. The fourth-order valence-electron chi connectivity index (χ4n) is 1.48. The van der Waals surface area contributed by atoms with E-state index in [1.54, 1.807) is 7.05 Å². The van der Waals surface area contributed by atoms with Gasteiger partial charge in [-0.2, -0.15) is 5.26 Å². The van der Waals surface area contributed by atoms with E-state index in [0.29, 0.717) is 12.2 Å². The Morgan fingerprint density at radius 3 is 2.75 bits per heavy atom. The van der Waals surface area contributed by atoms with Crippen LogP contribution >= 0.6 is 0 Å². The first-order valence-electron chi connectivity index (χ1n) is 5.80. The summed E-state index contributed by atoms with van der Waals surface area (Å²) in [6.45, 7) is 0.312. The standard InChI is InChI=1S/C13H15N3O4/c1-16(7-3-6-14)13(19)15-9-4-5-10(12(17)18)11(8-9)20-2/h4-5,8H,3,7H2,1-2H3,(H,15,19)(H,17,18). The molecule has 1 rings (SSSR count). The van der Waals surface area contributed by atoms with Crippen molar-refractivity contribution in [2.45, 2.75) is 6.42 Å². The molecule has 1 aromatic carbocycles.